The van der Waals surface area contributed by atoms with Crippen molar-refractivity contribution in [3.8, 4) is 5.75 Å². The largest absolute Gasteiger partial charge is 0.494 e. The van der Waals surface area contributed by atoms with E-state index >= 15 is 0 Å². The molecule has 8 nitrogen and oxygen atoms in total. The number of likely N-dealkylation sites (tertiary alicyclic amines) is 1. The monoisotopic (exact) mass is 503 g/mol. The molecule has 0 spiro atoms. The fraction of sp³-hybridized carbons (Fsp3) is 0.679. The Kier molecular flexibility index (Phi) is 11.1. The predicted molar refractivity (Wildman–Crippen MR) is 141 cm³/mol. The van der Waals surface area contributed by atoms with Crippen LogP contribution in [0, 0.1) is 5.92 Å². The number of carbonyl (C=O) groups is 3. The Morgan fingerprint density at radius 3 is 2.17 bits per heavy atom. The average molecular weight is 504 g/mol. The number of alkyl carbamates (subject to hydrolysis) is 1. The Balaban J connectivity index is 1.55. The highest BCUT2D eigenvalue weighted by Crippen LogP contribution is 2.24. The Hall–Kier alpha value is -2.77. The van der Waals surface area contributed by atoms with Gasteiger partial charge < -0.3 is 25.0 Å². The molecule has 2 N–H and O–H groups in total. The van der Waals surface area contributed by atoms with Gasteiger partial charge in [0.2, 0.25) is 11.8 Å². The van der Waals surface area contributed by atoms with Crippen LogP contribution in [-0.2, 0) is 19.7 Å². The van der Waals surface area contributed by atoms with Crippen LogP contribution in [0.5, 0.6) is 5.75 Å². The number of nitrogens with zero attached hydrogens (tertiary/aromatic N) is 1. The van der Waals surface area contributed by atoms with Crippen LogP contribution in [0.3, 0.4) is 0 Å². The zero-order valence-corrected chi connectivity index (χ0v) is 22.9. The van der Waals surface area contributed by atoms with Gasteiger partial charge in [0.05, 0.1) is 6.61 Å². The SMILES string of the molecule is CC(C)(C)OC(=O)NCCC(=O)NCC1CCN(C(=O)CCCOc2ccc(C(C)(C)C)cc2)CC1. The first-order valence-corrected chi connectivity index (χ1v) is 13.1. The molecule has 1 heterocycles. The van der Waals surface area contributed by atoms with Crippen molar-refractivity contribution in [3.63, 3.8) is 0 Å². The lowest BCUT2D eigenvalue weighted by molar-refractivity contribution is -0.133. The normalized spacial score (nSPS) is 14.8. The maximum Gasteiger partial charge on any atom is 0.407 e. The molecule has 2 rings (SSSR count). The third-order valence-corrected chi connectivity index (χ3v) is 6.10. The Morgan fingerprint density at radius 1 is 0.944 bits per heavy atom. The fourth-order valence-electron chi connectivity index (χ4n) is 3.95. The molecule has 1 saturated heterocycles. The molecule has 1 fully saturated rings. The number of piperidine rings is 1. The van der Waals surface area contributed by atoms with E-state index in [-0.39, 0.29) is 30.2 Å². The topological polar surface area (TPSA) is 97.0 Å². The maximum absolute atomic E-state index is 12.6. The molecule has 0 bridgehead atoms. The summed E-state index contributed by atoms with van der Waals surface area (Å²) in [5.41, 5.74) is 0.822. The molecular formula is C28H45N3O5. The van der Waals surface area contributed by atoms with Gasteiger partial charge in [0, 0.05) is 39.0 Å². The highest BCUT2D eigenvalue weighted by molar-refractivity contribution is 5.77. The molecule has 0 atom stereocenters. The lowest BCUT2D eigenvalue weighted by Crippen LogP contribution is -2.42. The standard InChI is InChI=1S/C28H45N3O5/c1-27(2,3)22-9-11-23(12-10-22)35-19-7-8-25(33)31-17-14-21(15-18-31)20-30-24(32)13-16-29-26(34)36-28(4,5)6/h9-12,21H,7-8,13-20H2,1-6H3,(H,29,34)(H,30,32). The third kappa shape index (κ3) is 11.3. The minimum Gasteiger partial charge on any atom is -0.494 e. The summed E-state index contributed by atoms with van der Waals surface area (Å²) in [6, 6.07) is 8.16. The number of rotatable bonds is 10. The molecule has 0 aliphatic carbocycles. The van der Waals surface area contributed by atoms with Crippen LogP contribution in [0.1, 0.15) is 79.2 Å². The molecule has 1 aliphatic rings. The van der Waals surface area contributed by atoms with Gasteiger partial charge in [0.15, 0.2) is 0 Å². The molecule has 1 aromatic rings. The van der Waals surface area contributed by atoms with E-state index in [1.165, 1.54) is 5.56 Å². The van der Waals surface area contributed by atoms with Crippen molar-refractivity contribution >= 4 is 17.9 Å². The van der Waals surface area contributed by atoms with Crippen LogP contribution in [0.2, 0.25) is 0 Å². The molecule has 0 saturated carbocycles. The lowest BCUT2D eigenvalue weighted by atomic mass is 9.87. The molecular weight excluding hydrogens is 458 g/mol. The van der Waals surface area contributed by atoms with E-state index in [0.717, 1.165) is 18.6 Å². The lowest BCUT2D eigenvalue weighted by Gasteiger charge is -2.32. The minimum absolute atomic E-state index is 0.0994. The molecule has 1 aliphatic heterocycles. The maximum atomic E-state index is 12.6. The summed E-state index contributed by atoms with van der Waals surface area (Å²) in [4.78, 5) is 38.1. The quantitative estimate of drug-likeness (QED) is 0.461. The molecule has 0 radical (unpaired) electrons. The molecule has 1 aromatic carbocycles. The molecule has 36 heavy (non-hydrogen) atoms. The van der Waals surface area contributed by atoms with Gasteiger partial charge in [-0.05, 0) is 69.1 Å². The highest BCUT2D eigenvalue weighted by Gasteiger charge is 2.23. The van der Waals surface area contributed by atoms with Gasteiger partial charge in [-0.2, -0.15) is 0 Å². The first kappa shape index (κ1) is 29.5. The number of nitrogens with one attached hydrogen (secondary N) is 2. The van der Waals surface area contributed by atoms with Gasteiger partial charge in [-0.1, -0.05) is 32.9 Å². The highest BCUT2D eigenvalue weighted by atomic mass is 16.6. The molecule has 8 heteroatoms. The average Bonchev–Trinajstić information content (AvgIpc) is 2.79. The zero-order chi connectivity index (χ0) is 26.8. The first-order valence-electron chi connectivity index (χ1n) is 13.1. The Bertz CT molecular complexity index is 847. The van der Waals surface area contributed by atoms with Crippen LogP contribution in [0.25, 0.3) is 0 Å². The van der Waals surface area contributed by atoms with Crippen LogP contribution >= 0.6 is 0 Å². The number of amides is 3. The zero-order valence-electron chi connectivity index (χ0n) is 22.9. The van der Waals surface area contributed by atoms with Crippen molar-refractivity contribution in [3.05, 3.63) is 29.8 Å². The second-order valence-corrected chi connectivity index (χ2v) is 11.5. The first-order chi connectivity index (χ1) is 16.8. The van der Waals surface area contributed by atoms with Gasteiger partial charge in [0.25, 0.3) is 0 Å². The van der Waals surface area contributed by atoms with E-state index in [9.17, 15) is 14.4 Å². The van der Waals surface area contributed by atoms with E-state index in [1.807, 2.05) is 17.0 Å². The van der Waals surface area contributed by atoms with Crippen molar-refractivity contribution < 1.29 is 23.9 Å². The summed E-state index contributed by atoms with van der Waals surface area (Å²) in [5.74, 6) is 1.25. The number of carbonyl (C=O) groups excluding carboxylic acids is 3. The minimum atomic E-state index is -0.560. The van der Waals surface area contributed by atoms with Crippen LogP contribution in [0.4, 0.5) is 4.79 Å². The summed E-state index contributed by atoms with van der Waals surface area (Å²) in [6.45, 7) is 14.7. The number of ether oxygens (including phenoxy) is 2. The molecule has 0 aromatic heterocycles. The number of hydrogen-bond acceptors (Lipinski definition) is 5. The van der Waals surface area contributed by atoms with Crippen molar-refractivity contribution in [2.24, 2.45) is 5.92 Å². The van der Waals surface area contributed by atoms with Gasteiger partial charge in [-0.3, -0.25) is 9.59 Å². The van der Waals surface area contributed by atoms with Gasteiger partial charge in [-0.25, -0.2) is 4.79 Å². The summed E-state index contributed by atoms with van der Waals surface area (Å²) in [7, 11) is 0. The van der Waals surface area contributed by atoms with E-state index in [0.29, 0.717) is 45.0 Å². The Labute approximate surface area is 216 Å². The number of hydrogen-bond donors (Lipinski definition) is 2. The predicted octanol–water partition coefficient (Wildman–Crippen LogP) is 4.41. The van der Waals surface area contributed by atoms with Crippen LogP contribution < -0.4 is 15.4 Å². The van der Waals surface area contributed by atoms with E-state index < -0.39 is 11.7 Å². The molecule has 3 amide bonds. The van der Waals surface area contributed by atoms with E-state index in [4.69, 9.17) is 9.47 Å². The van der Waals surface area contributed by atoms with Crippen molar-refractivity contribution in [2.45, 2.75) is 84.7 Å². The van der Waals surface area contributed by atoms with Gasteiger partial charge in [0.1, 0.15) is 11.4 Å². The summed E-state index contributed by atoms with van der Waals surface area (Å²) >= 11 is 0. The third-order valence-electron chi connectivity index (χ3n) is 6.10. The van der Waals surface area contributed by atoms with Gasteiger partial charge >= 0.3 is 6.09 Å². The second kappa shape index (κ2) is 13.5. The summed E-state index contributed by atoms with van der Waals surface area (Å²) in [6.07, 6.45) is 2.60. The molecule has 0 unspecified atom stereocenters. The second-order valence-electron chi connectivity index (χ2n) is 11.5. The van der Waals surface area contributed by atoms with Crippen LogP contribution in [0.15, 0.2) is 24.3 Å². The van der Waals surface area contributed by atoms with E-state index in [1.54, 1.807) is 20.8 Å². The van der Waals surface area contributed by atoms with E-state index in [2.05, 4.69) is 43.5 Å². The number of benzene rings is 1. The smallest absolute Gasteiger partial charge is 0.407 e. The summed E-state index contributed by atoms with van der Waals surface area (Å²) in [5, 5.41) is 5.53. The van der Waals surface area contributed by atoms with Gasteiger partial charge in [-0.15, -0.1) is 0 Å². The summed E-state index contributed by atoms with van der Waals surface area (Å²) < 4.78 is 11.0. The van der Waals surface area contributed by atoms with Crippen molar-refractivity contribution in [1.29, 1.82) is 0 Å². The Morgan fingerprint density at radius 2 is 1.58 bits per heavy atom. The van der Waals surface area contributed by atoms with Crippen molar-refractivity contribution in [1.82, 2.24) is 15.5 Å². The van der Waals surface area contributed by atoms with Crippen molar-refractivity contribution in [2.75, 3.05) is 32.8 Å². The van der Waals surface area contributed by atoms with Crippen LogP contribution in [-0.4, -0.2) is 61.2 Å². The fourth-order valence-corrected chi connectivity index (χ4v) is 3.95. The molecule has 202 valence electrons.